The highest BCUT2D eigenvalue weighted by atomic mass is 127. The summed E-state index contributed by atoms with van der Waals surface area (Å²) < 4.78 is 18.4. The summed E-state index contributed by atoms with van der Waals surface area (Å²) in [6.45, 7) is 7.89. The molecule has 0 saturated carbocycles. The summed E-state index contributed by atoms with van der Waals surface area (Å²) >= 11 is 0. The van der Waals surface area contributed by atoms with Crippen LogP contribution in [0.25, 0.3) is 0 Å². The first kappa shape index (κ1) is 25.1. The van der Waals surface area contributed by atoms with Crippen LogP contribution in [-0.2, 0) is 11.2 Å². The Hall–Kier alpha value is -0.930. The molecule has 7 heteroatoms. The lowest BCUT2D eigenvalue weighted by atomic mass is 10.1. The fourth-order valence-corrected chi connectivity index (χ4v) is 3.41. The summed E-state index contributed by atoms with van der Waals surface area (Å²) in [5.74, 6) is 0.731. The van der Waals surface area contributed by atoms with E-state index in [4.69, 9.17) is 9.73 Å². The van der Waals surface area contributed by atoms with Crippen LogP contribution in [0.3, 0.4) is 0 Å². The Morgan fingerprint density at radius 1 is 1.29 bits per heavy atom. The number of piperidine rings is 1. The van der Waals surface area contributed by atoms with E-state index in [0.717, 1.165) is 83.0 Å². The van der Waals surface area contributed by atoms with E-state index in [0.29, 0.717) is 6.04 Å². The van der Waals surface area contributed by atoms with Crippen LogP contribution in [0.1, 0.15) is 38.2 Å². The van der Waals surface area contributed by atoms with Crippen LogP contribution in [0, 0.1) is 5.82 Å². The maximum atomic E-state index is 13.2. The maximum Gasteiger partial charge on any atom is 0.191 e. The van der Waals surface area contributed by atoms with Gasteiger partial charge in [-0.25, -0.2) is 4.39 Å². The van der Waals surface area contributed by atoms with Crippen molar-refractivity contribution in [3.63, 3.8) is 0 Å². The number of nitrogens with one attached hydrogen (secondary N) is 2. The van der Waals surface area contributed by atoms with Gasteiger partial charge in [-0.05, 0) is 56.7 Å². The first-order chi connectivity index (χ1) is 13.2. The molecule has 0 spiro atoms. The minimum atomic E-state index is -0.167. The summed E-state index contributed by atoms with van der Waals surface area (Å²) in [6, 6.07) is 7.30. The molecule has 1 aliphatic heterocycles. The average Bonchev–Trinajstić information content (AvgIpc) is 2.67. The van der Waals surface area contributed by atoms with E-state index in [1.807, 2.05) is 6.07 Å². The number of ether oxygens (including phenoxy) is 1. The molecule has 5 nitrogen and oxygen atoms in total. The van der Waals surface area contributed by atoms with Crippen LogP contribution in [0.15, 0.2) is 29.3 Å². The van der Waals surface area contributed by atoms with Gasteiger partial charge in [0, 0.05) is 52.5 Å². The van der Waals surface area contributed by atoms with Gasteiger partial charge in [0.15, 0.2) is 5.96 Å². The second kappa shape index (κ2) is 15.0. The van der Waals surface area contributed by atoms with Gasteiger partial charge >= 0.3 is 0 Å². The van der Waals surface area contributed by atoms with Gasteiger partial charge in [0.2, 0.25) is 0 Å². The molecule has 0 aliphatic carbocycles. The van der Waals surface area contributed by atoms with Crippen LogP contribution in [0.4, 0.5) is 4.39 Å². The quantitative estimate of drug-likeness (QED) is 0.221. The van der Waals surface area contributed by atoms with Crippen LogP contribution in [0.5, 0.6) is 0 Å². The third-order valence-corrected chi connectivity index (χ3v) is 4.88. The van der Waals surface area contributed by atoms with Crippen molar-refractivity contribution < 1.29 is 9.13 Å². The minimum absolute atomic E-state index is 0. The third-order valence-electron chi connectivity index (χ3n) is 4.88. The van der Waals surface area contributed by atoms with Crippen molar-refractivity contribution >= 4 is 29.9 Å². The molecule has 2 N–H and O–H groups in total. The number of benzene rings is 1. The van der Waals surface area contributed by atoms with E-state index in [2.05, 4.69) is 22.5 Å². The molecule has 1 fully saturated rings. The van der Waals surface area contributed by atoms with Crippen molar-refractivity contribution in [2.45, 2.75) is 45.1 Å². The number of hydrogen-bond acceptors (Lipinski definition) is 3. The first-order valence-corrected chi connectivity index (χ1v) is 10.2. The van der Waals surface area contributed by atoms with Gasteiger partial charge in [-0.15, -0.1) is 24.0 Å². The highest BCUT2D eigenvalue weighted by Crippen LogP contribution is 2.11. The van der Waals surface area contributed by atoms with Crippen LogP contribution in [0.2, 0.25) is 0 Å². The first-order valence-electron chi connectivity index (χ1n) is 10.2. The molecule has 1 aromatic rings. The number of likely N-dealkylation sites (tertiary alicyclic amines) is 1. The minimum Gasteiger partial charge on any atom is -0.385 e. The SMILES string of the molecule is CCNC(=NCCCc1cccc(F)c1)NC1CCN(CCCOC)CC1.I. The normalized spacial score (nSPS) is 15.9. The van der Waals surface area contributed by atoms with Crippen LogP contribution in [-0.4, -0.2) is 63.3 Å². The van der Waals surface area contributed by atoms with Gasteiger partial charge in [0.25, 0.3) is 0 Å². The van der Waals surface area contributed by atoms with E-state index < -0.39 is 0 Å². The zero-order chi connectivity index (χ0) is 19.3. The van der Waals surface area contributed by atoms with Crippen molar-refractivity contribution in [2.24, 2.45) is 4.99 Å². The van der Waals surface area contributed by atoms with Crippen molar-refractivity contribution in [2.75, 3.05) is 46.4 Å². The number of aryl methyl sites for hydroxylation is 1. The molecule has 0 radical (unpaired) electrons. The molecule has 0 bridgehead atoms. The predicted octanol–water partition coefficient (Wildman–Crippen LogP) is 3.43. The average molecular weight is 506 g/mol. The number of aliphatic imine (C=N–C) groups is 1. The molecule has 0 atom stereocenters. The van der Waals surface area contributed by atoms with E-state index in [9.17, 15) is 4.39 Å². The molecule has 0 amide bonds. The Morgan fingerprint density at radius 2 is 2.07 bits per heavy atom. The Kier molecular flexibility index (Phi) is 13.4. The number of halogens is 2. The van der Waals surface area contributed by atoms with Gasteiger partial charge in [-0.3, -0.25) is 4.99 Å². The molecule has 2 rings (SSSR count). The monoisotopic (exact) mass is 506 g/mol. The summed E-state index contributed by atoms with van der Waals surface area (Å²) in [7, 11) is 1.76. The largest absolute Gasteiger partial charge is 0.385 e. The zero-order valence-electron chi connectivity index (χ0n) is 17.3. The number of hydrogen-bond donors (Lipinski definition) is 2. The van der Waals surface area contributed by atoms with Crippen molar-refractivity contribution in [3.05, 3.63) is 35.6 Å². The van der Waals surface area contributed by atoms with Gasteiger partial charge < -0.3 is 20.3 Å². The van der Waals surface area contributed by atoms with Gasteiger partial charge in [0.05, 0.1) is 0 Å². The second-order valence-corrected chi connectivity index (χ2v) is 7.10. The Bertz CT molecular complexity index is 565. The molecule has 0 unspecified atom stereocenters. The lowest BCUT2D eigenvalue weighted by Crippen LogP contribution is -2.48. The van der Waals surface area contributed by atoms with Gasteiger partial charge in [-0.2, -0.15) is 0 Å². The van der Waals surface area contributed by atoms with Gasteiger partial charge in [0.1, 0.15) is 5.82 Å². The number of guanidine groups is 1. The summed E-state index contributed by atoms with van der Waals surface area (Å²) in [5.41, 5.74) is 1.03. The van der Waals surface area contributed by atoms with E-state index in [1.54, 1.807) is 19.2 Å². The fourth-order valence-electron chi connectivity index (χ4n) is 3.41. The topological polar surface area (TPSA) is 48.9 Å². The number of rotatable bonds is 10. The fraction of sp³-hybridized carbons (Fsp3) is 0.667. The molecular weight excluding hydrogens is 470 g/mol. The Labute approximate surface area is 186 Å². The Morgan fingerprint density at radius 3 is 2.75 bits per heavy atom. The highest BCUT2D eigenvalue weighted by Gasteiger charge is 2.19. The zero-order valence-corrected chi connectivity index (χ0v) is 19.6. The van der Waals surface area contributed by atoms with Crippen molar-refractivity contribution in [1.29, 1.82) is 0 Å². The van der Waals surface area contributed by atoms with E-state index in [-0.39, 0.29) is 29.8 Å². The lowest BCUT2D eigenvalue weighted by Gasteiger charge is -2.33. The Balaban J connectivity index is 0.00000392. The van der Waals surface area contributed by atoms with E-state index in [1.165, 1.54) is 6.07 Å². The van der Waals surface area contributed by atoms with Crippen LogP contribution < -0.4 is 10.6 Å². The molecule has 1 saturated heterocycles. The smallest absolute Gasteiger partial charge is 0.191 e. The summed E-state index contributed by atoms with van der Waals surface area (Å²) in [6.07, 6.45) is 5.14. The van der Waals surface area contributed by atoms with Gasteiger partial charge in [-0.1, -0.05) is 12.1 Å². The molecule has 0 aromatic heterocycles. The van der Waals surface area contributed by atoms with Crippen LogP contribution >= 0.6 is 24.0 Å². The standard InChI is InChI=1S/C21H35FN4O.HI/c1-3-23-21(24-12-5-8-18-7-4-9-19(22)17-18)25-20-10-14-26(15-11-20)13-6-16-27-2;/h4,7,9,17,20H,3,5-6,8,10-16H2,1-2H3,(H2,23,24,25);1H. The molecular formula is C21H36FIN4O. The lowest BCUT2D eigenvalue weighted by molar-refractivity contribution is 0.155. The number of methoxy groups -OCH3 is 1. The summed E-state index contributed by atoms with van der Waals surface area (Å²) in [5, 5.41) is 6.92. The van der Waals surface area contributed by atoms with E-state index >= 15 is 0 Å². The molecule has 160 valence electrons. The second-order valence-electron chi connectivity index (χ2n) is 7.10. The highest BCUT2D eigenvalue weighted by molar-refractivity contribution is 14.0. The summed E-state index contributed by atoms with van der Waals surface area (Å²) in [4.78, 5) is 7.21. The molecule has 1 aromatic carbocycles. The third kappa shape index (κ3) is 10.0. The van der Waals surface area contributed by atoms with Crippen molar-refractivity contribution in [1.82, 2.24) is 15.5 Å². The molecule has 28 heavy (non-hydrogen) atoms. The maximum absolute atomic E-state index is 13.2. The molecule has 1 heterocycles. The predicted molar refractivity (Wildman–Crippen MR) is 125 cm³/mol. The van der Waals surface area contributed by atoms with Crippen molar-refractivity contribution in [3.8, 4) is 0 Å². The number of nitrogens with zero attached hydrogens (tertiary/aromatic N) is 2. The molecule has 1 aliphatic rings.